The Bertz CT molecular complexity index is 713. The summed E-state index contributed by atoms with van der Waals surface area (Å²) in [6.07, 6.45) is 0. The lowest BCUT2D eigenvalue weighted by Crippen LogP contribution is -1.83. The Morgan fingerprint density at radius 2 is 1.56 bits per heavy atom. The van der Waals surface area contributed by atoms with Crippen molar-refractivity contribution in [3.63, 3.8) is 0 Å². The van der Waals surface area contributed by atoms with Crippen LogP contribution in [-0.2, 0) is 0 Å². The van der Waals surface area contributed by atoms with Gasteiger partial charge in [-0.25, -0.2) is 0 Å². The van der Waals surface area contributed by atoms with Gasteiger partial charge in [0.15, 0.2) is 5.43 Å². The minimum atomic E-state index is 0.188. The molecule has 0 saturated heterocycles. The van der Waals surface area contributed by atoms with Crippen molar-refractivity contribution in [3.8, 4) is 22.3 Å². The van der Waals surface area contributed by atoms with E-state index in [1.165, 1.54) is 11.1 Å². The van der Waals surface area contributed by atoms with E-state index in [1.807, 2.05) is 36.4 Å². The third kappa shape index (κ3) is 1.68. The van der Waals surface area contributed by atoms with E-state index in [1.54, 1.807) is 0 Å². The molecule has 0 unspecified atom stereocenters. The summed E-state index contributed by atoms with van der Waals surface area (Å²) in [4.78, 5) is 12.0. The molecule has 1 heteroatoms. The van der Waals surface area contributed by atoms with Gasteiger partial charge in [-0.2, -0.15) is 0 Å². The standard InChI is InChI=1S/C17H14O/c1-11-8-9-14(12(2)10-11)16-15(17(16)18)13-6-4-3-5-7-13/h3-10H,1-2H3. The maximum atomic E-state index is 12.0. The molecule has 0 heterocycles. The summed E-state index contributed by atoms with van der Waals surface area (Å²) in [6, 6.07) is 16.1. The fourth-order valence-corrected chi connectivity index (χ4v) is 2.40. The van der Waals surface area contributed by atoms with Crippen molar-refractivity contribution < 1.29 is 0 Å². The first-order valence-corrected chi connectivity index (χ1v) is 6.10. The van der Waals surface area contributed by atoms with Crippen LogP contribution in [0.1, 0.15) is 11.1 Å². The summed E-state index contributed by atoms with van der Waals surface area (Å²) in [5.74, 6) is 0. The number of rotatable bonds is 2. The van der Waals surface area contributed by atoms with Crippen molar-refractivity contribution in [2.24, 2.45) is 0 Å². The lowest BCUT2D eigenvalue weighted by Gasteiger charge is -2.01. The zero-order chi connectivity index (χ0) is 12.7. The van der Waals surface area contributed by atoms with Gasteiger partial charge in [-0.1, -0.05) is 54.1 Å². The van der Waals surface area contributed by atoms with Crippen LogP contribution in [0.25, 0.3) is 22.3 Å². The minimum absolute atomic E-state index is 0.188. The van der Waals surface area contributed by atoms with Crippen molar-refractivity contribution in [1.82, 2.24) is 0 Å². The van der Waals surface area contributed by atoms with Crippen molar-refractivity contribution >= 4 is 0 Å². The van der Waals surface area contributed by atoms with Gasteiger partial charge < -0.3 is 0 Å². The molecule has 3 aromatic carbocycles. The van der Waals surface area contributed by atoms with Gasteiger partial charge in [0.05, 0.1) is 0 Å². The first-order chi connectivity index (χ1) is 8.68. The van der Waals surface area contributed by atoms with E-state index in [0.717, 1.165) is 22.3 Å². The Kier molecular flexibility index (Phi) is 2.41. The quantitative estimate of drug-likeness (QED) is 0.657. The van der Waals surface area contributed by atoms with Gasteiger partial charge in [0.25, 0.3) is 0 Å². The molecule has 0 N–H and O–H groups in total. The smallest absolute Gasteiger partial charge is 0.195 e. The molecular formula is C17H14O. The molecule has 0 fully saturated rings. The summed E-state index contributed by atoms with van der Waals surface area (Å²) in [5.41, 5.74) is 6.45. The van der Waals surface area contributed by atoms with E-state index in [2.05, 4.69) is 26.0 Å². The number of aryl methyl sites for hydroxylation is 2. The molecule has 0 amide bonds. The first kappa shape index (κ1) is 11.0. The van der Waals surface area contributed by atoms with Gasteiger partial charge in [0.2, 0.25) is 0 Å². The Labute approximate surface area is 106 Å². The fourth-order valence-electron chi connectivity index (χ4n) is 2.40. The van der Waals surface area contributed by atoms with E-state index in [0.29, 0.717) is 0 Å². The highest BCUT2D eigenvalue weighted by Gasteiger charge is 2.25. The SMILES string of the molecule is Cc1ccc(-c2c(-c3ccccc3)c2=O)c(C)c1. The van der Waals surface area contributed by atoms with Crippen LogP contribution in [0.3, 0.4) is 0 Å². The molecule has 18 heavy (non-hydrogen) atoms. The van der Waals surface area contributed by atoms with Crippen LogP contribution in [0.5, 0.6) is 0 Å². The topological polar surface area (TPSA) is 17.1 Å². The van der Waals surface area contributed by atoms with E-state index in [9.17, 15) is 4.79 Å². The van der Waals surface area contributed by atoms with Crippen LogP contribution in [0.15, 0.2) is 53.3 Å². The molecule has 0 atom stereocenters. The van der Waals surface area contributed by atoms with Crippen LogP contribution in [0.2, 0.25) is 0 Å². The summed E-state index contributed by atoms with van der Waals surface area (Å²) in [6.45, 7) is 4.13. The average molecular weight is 234 g/mol. The maximum Gasteiger partial charge on any atom is 0.195 e. The molecule has 3 aromatic rings. The number of hydrogen-bond donors (Lipinski definition) is 0. The number of benzene rings is 2. The van der Waals surface area contributed by atoms with E-state index in [-0.39, 0.29) is 5.43 Å². The maximum absolute atomic E-state index is 12.0. The molecule has 0 aliphatic heterocycles. The zero-order valence-corrected chi connectivity index (χ0v) is 10.5. The summed E-state index contributed by atoms with van der Waals surface area (Å²) in [7, 11) is 0. The first-order valence-electron chi connectivity index (χ1n) is 6.10. The molecule has 0 spiro atoms. The van der Waals surface area contributed by atoms with Crippen LogP contribution < -0.4 is 5.43 Å². The fraction of sp³-hybridized carbons (Fsp3) is 0.118. The Morgan fingerprint density at radius 1 is 0.833 bits per heavy atom. The second-order valence-electron chi connectivity index (χ2n) is 4.76. The van der Waals surface area contributed by atoms with Crippen LogP contribution >= 0.6 is 0 Å². The monoisotopic (exact) mass is 234 g/mol. The molecular weight excluding hydrogens is 220 g/mol. The van der Waals surface area contributed by atoms with Crippen LogP contribution in [-0.4, -0.2) is 0 Å². The van der Waals surface area contributed by atoms with Gasteiger partial charge in [0.1, 0.15) is 0 Å². The normalized spacial score (nSPS) is 11.0. The van der Waals surface area contributed by atoms with Crippen molar-refractivity contribution in [2.45, 2.75) is 13.8 Å². The van der Waals surface area contributed by atoms with Crippen molar-refractivity contribution in [1.29, 1.82) is 0 Å². The van der Waals surface area contributed by atoms with E-state index in [4.69, 9.17) is 0 Å². The van der Waals surface area contributed by atoms with Crippen molar-refractivity contribution in [2.75, 3.05) is 0 Å². The number of hydrogen-bond acceptors (Lipinski definition) is 1. The largest absolute Gasteiger partial charge is 0.289 e. The summed E-state index contributed by atoms with van der Waals surface area (Å²) < 4.78 is 0. The lowest BCUT2D eigenvalue weighted by molar-refractivity contribution is 1.39. The predicted molar refractivity (Wildman–Crippen MR) is 75.4 cm³/mol. The highest BCUT2D eigenvalue weighted by Crippen LogP contribution is 2.36. The second kappa shape index (κ2) is 3.95. The van der Waals surface area contributed by atoms with Gasteiger partial charge in [-0.15, -0.1) is 0 Å². The van der Waals surface area contributed by atoms with Gasteiger partial charge >= 0.3 is 0 Å². The Hall–Kier alpha value is -2.15. The lowest BCUT2D eigenvalue weighted by atomic mass is 10.0. The van der Waals surface area contributed by atoms with Crippen molar-refractivity contribution in [3.05, 3.63) is 69.9 Å². The summed E-state index contributed by atoms with van der Waals surface area (Å²) >= 11 is 0. The predicted octanol–water partition coefficient (Wildman–Crippen LogP) is 3.87. The second-order valence-corrected chi connectivity index (χ2v) is 4.76. The van der Waals surface area contributed by atoms with Gasteiger partial charge in [-0.05, 0) is 30.5 Å². The zero-order valence-electron chi connectivity index (χ0n) is 10.5. The molecule has 0 aliphatic rings. The third-order valence-corrected chi connectivity index (χ3v) is 3.36. The summed E-state index contributed by atoms with van der Waals surface area (Å²) in [5, 5.41) is 0. The third-order valence-electron chi connectivity index (χ3n) is 3.36. The molecule has 3 rings (SSSR count). The highest BCUT2D eigenvalue weighted by molar-refractivity contribution is 5.95. The molecule has 0 aromatic heterocycles. The van der Waals surface area contributed by atoms with Gasteiger partial charge in [0, 0.05) is 11.1 Å². The van der Waals surface area contributed by atoms with E-state index >= 15 is 0 Å². The Morgan fingerprint density at radius 3 is 2.22 bits per heavy atom. The average Bonchev–Trinajstić information content (AvgIpc) is 3.02. The minimum Gasteiger partial charge on any atom is -0.289 e. The molecule has 0 aliphatic carbocycles. The van der Waals surface area contributed by atoms with Crippen LogP contribution in [0, 0.1) is 13.8 Å². The molecule has 0 radical (unpaired) electrons. The van der Waals surface area contributed by atoms with E-state index < -0.39 is 0 Å². The Balaban J connectivity index is 2.08. The molecule has 0 bridgehead atoms. The molecule has 1 nitrogen and oxygen atoms in total. The molecule has 88 valence electrons. The van der Waals surface area contributed by atoms with Gasteiger partial charge in [-0.3, -0.25) is 4.79 Å². The molecule has 0 saturated carbocycles. The van der Waals surface area contributed by atoms with Crippen LogP contribution in [0.4, 0.5) is 0 Å². The highest BCUT2D eigenvalue weighted by atomic mass is 16.1.